The first-order chi connectivity index (χ1) is 17.4. The zero-order chi connectivity index (χ0) is 25.4. The summed E-state index contributed by atoms with van der Waals surface area (Å²) in [5.74, 6) is 0.978. The quantitative estimate of drug-likeness (QED) is 0.149. The zero-order valence-electron chi connectivity index (χ0n) is 21.3. The molecule has 0 aliphatic rings. The fraction of sp³-hybridized carbons (Fsp3) is 0.333. The van der Waals surface area contributed by atoms with E-state index in [1.54, 1.807) is 11.8 Å². The largest absolute Gasteiger partial charge is 0.459 e. The van der Waals surface area contributed by atoms with E-state index in [0.717, 1.165) is 41.5 Å². The molecule has 0 aliphatic carbocycles. The molecule has 0 spiro atoms. The van der Waals surface area contributed by atoms with Gasteiger partial charge in [-0.2, -0.15) is 0 Å². The number of carbonyl (C=O) groups excluding carboxylic acids is 1. The lowest BCUT2D eigenvalue weighted by molar-refractivity contribution is -0.155. The van der Waals surface area contributed by atoms with Gasteiger partial charge in [-0.15, -0.1) is 0 Å². The van der Waals surface area contributed by atoms with Crippen LogP contribution in [0.4, 0.5) is 0 Å². The van der Waals surface area contributed by atoms with Gasteiger partial charge in [-0.05, 0) is 57.0 Å². The van der Waals surface area contributed by atoms with Gasteiger partial charge in [0, 0.05) is 18.2 Å². The molecule has 36 heavy (non-hydrogen) atoms. The number of ether oxygens (including phenoxy) is 1. The molecule has 0 fully saturated rings. The summed E-state index contributed by atoms with van der Waals surface area (Å²) < 4.78 is 7.54. The van der Waals surface area contributed by atoms with Crippen molar-refractivity contribution in [1.82, 2.24) is 14.9 Å². The highest BCUT2D eigenvalue weighted by atomic mass is 32.2. The maximum absolute atomic E-state index is 12.5. The number of rotatable bonds is 11. The maximum atomic E-state index is 12.5. The molecule has 0 amide bonds. The molecular weight excluding hydrogens is 466 g/mol. The summed E-state index contributed by atoms with van der Waals surface area (Å²) in [5.41, 5.74) is 3.99. The highest BCUT2D eigenvalue weighted by molar-refractivity contribution is 7.99. The van der Waals surface area contributed by atoms with Gasteiger partial charge < -0.3 is 14.6 Å². The second-order valence-corrected chi connectivity index (χ2v) is 10.9. The molecule has 0 bridgehead atoms. The number of hydrogen-bond acceptors (Lipinski definition) is 5. The number of nitrogens with zero attached hydrogens (tertiary/aromatic N) is 2. The number of para-hydroxylation sites is 2. The maximum Gasteiger partial charge on any atom is 0.326 e. The fourth-order valence-electron chi connectivity index (χ4n) is 4.23. The van der Waals surface area contributed by atoms with Gasteiger partial charge in [0.15, 0.2) is 5.16 Å². The van der Waals surface area contributed by atoms with Crippen LogP contribution < -0.4 is 5.32 Å². The molecule has 1 heterocycles. The van der Waals surface area contributed by atoms with Crippen molar-refractivity contribution < 1.29 is 9.53 Å². The first-order valence-electron chi connectivity index (χ1n) is 12.5. The van der Waals surface area contributed by atoms with Crippen LogP contribution in [0.3, 0.4) is 0 Å². The third kappa shape index (κ3) is 7.21. The van der Waals surface area contributed by atoms with Crippen LogP contribution in [-0.2, 0) is 16.1 Å². The Bertz CT molecular complexity index is 1210. The molecule has 3 aromatic carbocycles. The minimum atomic E-state index is -0.510. The summed E-state index contributed by atoms with van der Waals surface area (Å²) in [6, 6.07) is 29.3. The molecule has 1 aromatic heterocycles. The van der Waals surface area contributed by atoms with E-state index in [1.807, 2.05) is 49.6 Å². The minimum Gasteiger partial charge on any atom is -0.459 e. The molecule has 0 saturated carbocycles. The number of hydrogen-bond donors (Lipinski definition) is 1. The van der Waals surface area contributed by atoms with Gasteiger partial charge in [-0.25, -0.2) is 4.98 Å². The zero-order valence-corrected chi connectivity index (χ0v) is 22.1. The van der Waals surface area contributed by atoms with Gasteiger partial charge in [-0.3, -0.25) is 4.79 Å². The van der Waals surface area contributed by atoms with E-state index in [2.05, 4.69) is 66.0 Å². The van der Waals surface area contributed by atoms with Crippen LogP contribution in [0.5, 0.6) is 0 Å². The second kappa shape index (κ2) is 12.2. The van der Waals surface area contributed by atoms with E-state index in [-0.39, 0.29) is 12.5 Å². The van der Waals surface area contributed by atoms with Crippen LogP contribution in [0.25, 0.3) is 11.0 Å². The lowest BCUT2D eigenvalue weighted by Crippen LogP contribution is -2.26. The standard InChI is InChI=1S/C30H35N3O2S/c1-30(2,3)35-28(34)22-33-27-18-11-10-17-26(27)32-29(33)36-20-12-19-31-21-25(23-13-6-4-7-14-23)24-15-8-5-9-16-24/h4-11,13-18,25,31H,12,19-22H2,1-3H3. The highest BCUT2D eigenvalue weighted by Crippen LogP contribution is 2.26. The highest BCUT2D eigenvalue weighted by Gasteiger charge is 2.20. The molecule has 6 heteroatoms. The van der Waals surface area contributed by atoms with Crippen molar-refractivity contribution in [2.24, 2.45) is 0 Å². The third-order valence-electron chi connectivity index (χ3n) is 5.81. The van der Waals surface area contributed by atoms with Gasteiger partial charge >= 0.3 is 5.97 Å². The predicted octanol–water partition coefficient (Wildman–Crippen LogP) is 6.28. The number of esters is 1. The molecule has 0 atom stereocenters. The molecule has 0 unspecified atom stereocenters. The molecule has 1 N–H and O–H groups in total. The number of benzene rings is 3. The average molecular weight is 502 g/mol. The summed E-state index contributed by atoms with van der Waals surface area (Å²) in [4.78, 5) is 17.3. The summed E-state index contributed by atoms with van der Waals surface area (Å²) >= 11 is 1.69. The fourth-order valence-corrected chi connectivity index (χ4v) is 5.18. The Kier molecular flexibility index (Phi) is 8.83. The van der Waals surface area contributed by atoms with Gasteiger partial charge in [-0.1, -0.05) is 84.6 Å². The van der Waals surface area contributed by atoms with Crippen LogP contribution in [-0.4, -0.2) is 40.0 Å². The Hall–Kier alpha value is -3.09. The Morgan fingerprint density at radius 1 is 0.944 bits per heavy atom. The van der Waals surface area contributed by atoms with E-state index in [1.165, 1.54) is 11.1 Å². The smallest absolute Gasteiger partial charge is 0.326 e. The number of nitrogens with one attached hydrogen (secondary N) is 1. The summed E-state index contributed by atoms with van der Waals surface area (Å²) in [6.45, 7) is 7.62. The SMILES string of the molecule is CC(C)(C)OC(=O)Cn1c(SCCCNCC(c2ccccc2)c2ccccc2)nc2ccccc21. The van der Waals surface area contributed by atoms with Crippen LogP contribution >= 0.6 is 11.8 Å². The minimum absolute atomic E-state index is 0.161. The van der Waals surface area contributed by atoms with Crippen LogP contribution in [0.1, 0.15) is 44.2 Å². The monoisotopic (exact) mass is 501 g/mol. The second-order valence-electron chi connectivity index (χ2n) is 9.84. The van der Waals surface area contributed by atoms with E-state index in [9.17, 15) is 4.79 Å². The van der Waals surface area contributed by atoms with Gasteiger partial charge in [0.05, 0.1) is 11.0 Å². The predicted molar refractivity (Wildman–Crippen MR) is 149 cm³/mol. The third-order valence-corrected chi connectivity index (χ3v) is 6.87. The molecule has 188 valence electrons. The van der Waals surface area contributed by atoms with E-state index in [4.69, 9.17) is 9.72 Å². The van der Waals surface area contributed by atoms with Crippen LogP contribution in [0.15, 0.2) is 90.1 Å². The Balaban J connectivity index is 1.33. The molecule has 0 saturated heterocycles. The number of imidazole rings is 1. The van der Waals surface area contributed by atoms with Crippen molar-refractivity contribution in [2.75, 3.05) is 18.8 Å². The lowest BCUT2D eigenvalue weighted by atomic mass is 9.91. The van der Waals surface area contributed by atoms with Crippen molar-refractivity contribution in [1.29, 1.82) is 0 Å². The Morgan fingerprint density at radius 3 is 2.19 bits per heavy atom. The van der Waals surface area contributed by atoms with E-state index >= 15 is 0 Å². The summed E-state index contributed by atoms with van der Waals surface area (Å²) in [5, 5.41) is 4.51. The van der Waals surface area contributed by atoms with Gasteiger partial charge in [0.1, 0.15) is 12.1 Å². The van der Waals surface area contributed by atoms with E-state index < -0.39 is 5.60 Å². The van der Waals surface area contributed by atoms with E-state index in [0.29, 0.717) is 5.92 Å². The normalized spacial score (nSPS) is 11.8. The first kappa shape index (κ1) is 26.0. The number of carbonyl (C=O) groups is 1. The van der Waals surface area contributed by atoms with Crippen LogP contribution in [0.2, 0.25) is 0 Å². The molecule has 4 aromatic rings. The van der Waals surface area contributed by atoms with Crippen molar-refractivity contribution in [3.8, 4) is 0 Å². The average Bonchev–Trinajstić information content (AvgIpc) is 3.20. The lowest BCUT2D eigenvalue weighted by Gasteiger charge is -2.20. The van der Waals surface area contributed by atoms with Crippen molar-refractivity contribution in [3.05, 3.63) is 96.1 Å². The van der Waals surface area contributed by atoms with Gasteiger partial charge in [0.2, 0.25) is 0 Å². The van der Waals surface area contributed by atoms with Crippen molar-refractivity contribution in [3.63, 3.8) is 0 Å². The summed E-state index contributed by atoms with van der Waals surface area (Å²) in [6.07, 6.45) is 0.997. The Morgan fingerprint density at radius 2 is 1.56 bits per heavy atom. The Labute approximate surface area is 218 Å². The molecule has 0 radical (unpaired) electrons. The number of fused-ring (bicyclic) bond motifs is 1. The number of aromatic nitrogens is 2. The summed E-state index contributed by atoms with van der Waals surface area (Å²) in [7, 11) is 0. The molecule has 4 rings (SSSR count). The number of thioether (sulfide) groups is 1. The van der Waals surface area contributed by atoms with Crippen molar-refractivity contribution in [2.45, 2.75) is 50.4 Å². The van der Waals surface area contributed by atoms with Gasteiger partial charge in [0.25, 0.3) is 0 Å². The topological polar surface area (TPSA) is 56.1 Å². The molecular formula is C30H35N3O2S. The molecule has 5 nitrogen and oxygen atoms in total. The first-order valence-corrected chi connectivity index (χ1v) is 13.5. The van der Waals surface area contributed by atoms with Crippen LogP contribution in [0, 0.1) is 0 Å². The molecule has 0 aliphatic heterocycles. The van der Waals surface area contributed by atoms with Crippen molar-refractivity contribution >= 4 is 28.8 Å².